The highest BCUT2D eigenvalue weighted by Crippen LogP contribution is 2.33. The lowest BCUT2D eigenvalue weighted by molar-refractivity contribution is 0.297. The average molecular weight is 471 g/mol. The normalized spacial score (nSPS) is 11.8. The van der Waals surface area contributed by atoms with Gasteiger partial charge in [-0.1, -0.05) is 16.3 Å². The molecular formula is C24H15F2N7O2. The quantitative estimate of drug-likeness (QED) is 0.363. The number of terminal acetylenes is 1. The molecule has 1 aliphatic heterocycles. The Kier molecular flexibility index (Phi) is 4.67. The molecule has 0 unspecified atom stereocenters. The zero-order valence-electron chi connectivity index (χ0n) is 18.2. The van der Waals surface area contributed by atoms with Crippen LogP contribution in [-0.4, -0.2) is 34.7 Å². The van der Waals surface area contributed by atoms with E-state index in [1.165, 1.54) is 6.07 Å². The van der Waals surface area contributed by atoms with E-state index in [2.05, 4.69) is 31.4 Å². The average Bonchev–Trinajstić information content (AvgIpc) is 3.56. The fraction of sp³-hybridized carbons (Fsp3) is 0.125. The SMILES string of the molecule is C#Cc1ccc2c(c1)-n1nnc(COc3ccc(F)c(F)c3)c1Cc1c(-c3noc(C)n3)ncn1-2. The molecule has 0 N–H and O–H groups in total. The summed E-state index contributed by atoms with van der Waals surface area (Å²) in [6.07, 6.45) is 7.68. The summed E-state index contributed by atoms with van der Waals surface area (Å²) < 4.78 is 41.4. The number of ether oxygens (including phenoxy) is 1. The largest absolute Gasteiger partial charge is 0.487 e. The minimum absolute atomic E-state index is 0.0185. The molecule has 0 aliphatic carbocycles. The maximum Gasteiger partial charge on any atom is 0.223 e. The van der Waals surface area contributed by atoms with E-state index in [1.54, 1.807) is 17.9 Å². The van der Waals surface area contributed by atoms with Crippen LogP contribution in [0.15, 0.2) is 47.2 Å². The van der Waals surface area contributed by atoms with Crippen LogP contribution in [0, 0.1) is 30.9 Å². The fourth-order valence-corrected chi connectivity index (χ4v) is 4.01. The molecule has 0 spiro atoms. The van der Waals surface area contributed by atoms with Crippen molar-refractivity contribution in [1.82, 2.24) is 34.7 Å². The van der Waals surface area contributed by atoms with E-state index >= 15 is 0 Å². The number of imidazole rings is 1. The third kappa shape index (κ3) is 3.43. The van der Waals surface area contributed by atoms with Crippen LogP contribution >= 0.6 is 0 Å². The monoisotopic (exact) mass is 471 g/mol. The maximum atomic E-state index is 13.6. The molecule has 4 heterocycles. The zero-order valence-corrected chi connectivity index (χ0v) is 18.2. The maximum absolute atomic E-state index is 13.6. The first kappa shape index (κ1) is 20.7. The molecule has 0 saturated heterocycles. The van der Waals surface area contributed by atoms with Crippen LogP contribution in [0.2, 0.25) is 0 Å². The van der Waals surface area contributed by atoms with Crippen molar-refractivity contribution in [3.63, 3.8) is 0 Å². The summed E-state index contributed by atoms with van der Waals surface area (Å²) >= 11 is 0. The number of aryl methyl sites for hydroxylation is 1. The standard InChI is InChI=1S/C24H15F2N7O2/c1-3-14-4-7-19-21(8-14)33-20(10-22-23(27-12-32(19)22)24-28-13(2)35-30-24)18(29-31-33)11-34-15-5-6-16(25)17(26)9-15/h1,4-9,12H,10-11H2,2H3. The van der Waals surface area contributed by atoms with E-state index in [0.717, 1.165) is 23.5 Å². The third-order valence-electron chi connectivity index (χ3n) is 5.68. The van der Waals surface area contributed by atoms with Gasteiger partial charge in [-0.05, 0) is 30.3 Å². The van der Waals surface area contributed by atoms with E-state index in [9.17, 15) is 8.78 Å². The molecule has 1 aliphatic rings. The number of halogens is 2. The second-order valence-corrected chi connectivity index (χ2v) is 7.83. The molecule has 3 aromatic heterocycles. The van der Waals surface area contributed by atoms with Gasteiger partial charge >= 0.3 is 0 Å². The summed E-state index contributed by atoms with van der Waals surface area (Å²) in [5.74, 6) is 1.64. The molecule has 9 nitrogen and oxygen atoms in total. The van der Waals surface area contributed by atoms with Gasteiger partial charge in [0.05, 0.1) is 22.8 Å². The molecule has 11 heteroatoms. The first-order valence-electron chi connectivity index (χ1n) is 10.5. The molecule has 0 atom stereocenters. The van der Waals surface area contributed by atoms with Crippen LogP contribution in [0.5, 0.6) is 5.75 Å². The number of nitrogens with zero attached hydrogens (tertiary/aromatic N) is 7. The van der Waals surface area contributed by atoms with Crippen molar-refractivity contribution in [3.8, 4) is 41.0 Å². The Morgan fingerprint density at radius 3 is 2.77 bits per heavy atom. The van der Waals surface area contributed by atoms with Gasteiger partial charge in [0.1, 0.15) is 30.1 Å². The minimum atomic E-state index is -0.996. The van der Waals surface area contributed by atoms with Crippen LogP contribution in [0.1, 0.15) is 28.5 Å². The van der Waals surface area contributed by atoms with Crippen molar-refractivity contribution in [1.29, 1.82) is 0 Å². The molecule has 0 amide bonds. The lowest BCUT2D eigenvalue weighted by Crippen LogP contribution is -2.06. The molecule has 6 rings (SSSR count). The molecule has 0 fully saturated rings. The Morgan fingerprint density at radius 2 is 2.00 bits per heavy atom. The number of rotatable bonds is 4. The molecule has 35 heavy (non-hydrogen) atoms. The minimum Gasteiger partial charge on any atom is -0.487 e. The lowest BCUT2D eigenvalue weighted by atomic mass is 10.1. The molecule has 5 aromatic rings. The molecule has 0 radical (unpaired) electrons. The Bertz CT molecular complexity index is 1640. The van der Waals surface area contributed by atoms with Gasteiger partial charge in [0.2, 0.25) is 11.7 Å². The van der Waals surface area contributed by atoms with Gasteiger partial charge in [-0.2, -0.15) is 4.98 Å². The van der Waals surface area contributed by atoms with E-state index in [0.29, 0.717) is 46.5 Å². The molecule has 0 bridgehead atoms. The number of hydrogen-bond acceptors (Lipinski definition) is 7. The van der Waals surface area contributed by atoms with Crippen LogP contribution < -0.4 is 4.74 Å². The van der Waals surface area contributed by atoms with Crippen molar-refractivity contribution >= 4 is 0 Å². The smallest absolute Gasteiger partial charge is 0.223 e. The van der Waals surface area contributed by atoms with Gasteiger partial charge in [-0.25, -0.2) is 18.4 Å². The molecule has 0 saturated carbocycles. The zero-order chi connectivity index (χ0) is 24.1. The number of fused-ring (bicyclic) bond motifs is 5. The first-order valence-corrected chi connectivity index (χ1v) is 10.5. The van der Waals surface area contributed by atoms with Crippen LogP contribution in [0.3, 0.4) is 0 Å². The van der Waals surface area contributed by atoms with E-state index in [4.69, 9.17) is 15.7 Å². The predicted molar refractivity (Wildman–Crippen MR) is 118 cm³/mol. The third-order valence-corrected chi connectivity index (χ3v) is 5.68. The highest BCUT2D eigenvalue weighted by atomic mass is 19.2. The van der Waals surface area contributed by atoms with Crippen LogP contribution in [0.4, 0.5) is 8.78 Å². The molecular weight excluding hydrogens is 456 g/mol. The van der Waals surface area contributed by atoms with Crippen LogP contribution in [0.25, 0.3) is 22.9 Å². The van der Waals surface area contributed by atoms with Gasteiger partial charge in [0.15, 0.2) is 11.6 Å². The second-order valence-electron chi connectivity index (χ2n) is 7.83. The van der Waals surface area contributed by atoms with Crippen molar-refractivity contribution in [2.75, 3.05) is 0 Å². The van der Waals surface area contributed by atoms with Gasteiger partial charge in [0, 0.05) is 25.0 Å². The molecule has 172 valence electrons. The van der Waals surface area contributed by atoms with Gasteiger partial charge < -0.3 is 9.26 Å². The van der Waals surface area contributed by atoms with Crippen molar-refractivity contribution in [2.45, 2.75) is 20.0 Å². The summed E-state index contributed by atoms with van der Waals surface area (Å²) in [6, 6.07) is 8.89. The summed E-state index contributed by atoms with van der Waals surface area (Å²) in [7, 11) is 0. The summed E-state index contributed by atoms with van der Waals surface area (Å²) in [4.78, 5) is 8.87. The van der Waals surface area contributed by atoms with Gasteiger partial charge in [0.25, 0.3) is 0 Å². The Balaban J connectivity index is 1.47. The fourth-order valence-electron chi connectivity index (χ4n) is 4.01. The first-order chi connectivity index (χ1) is 17.0. The summed E-state index contributed by atoms with van der Waals surface area (Å²) in [6.45, 7) is 1.68. The van der Waals surface area contributed by atoms with E-state index < -0.39 is 11.6 Å². The number of aromatic nitrogens is 7. The van der Waals surface area contributed by atoms with Gasteiger partial charge in [-0.3, -0.25) is 4.57 Å². The van der Waals surface area contributed by atoms with E-state index in [-0.39, 0.29) is 12.4 Å². The highest BCUT2D eigenvalue weighted by Gasteiger charge is 2.28. The molecule has 2 aromatic carbocycles. The van der Waals surface area contributed by atoms with Crippen molar-refractivity contribution in [3.05, 3.63) is 82.9 Å². The summed E-state index contributed by atoms with van der Waals surface area (Å²) in [5, 5.41) is 12.7. The predicted octanol–water partition coefficient (Wildman–Crippen LogP) is 3.55. The Morgan fingerprint density at radius 1 is 1.11 bits per heavy atom. The van der Waals surface area contributed by atoms with Gasteiger partial charge in [-0.15, -0.1) is 11.5 Å². The lowest BCUT2D eigenvalue weighted by Gasteiger charge is -2.10. The second kappa shape index (κ2) is 7.88. The van der Waals surface area contributed by atoms with Crippen molar-refractivity contribution < 1.29 is 18.0 Å². The summed E-state index contributed by atoms with van der Waals surface area (Å²) in [5.41, 5.74) is 4.72. The topological polar surface area (TPSA) is 96.7 Å². The number of benzene rings is 2. The van der Waals surface area contributed by atoms with Crippen LogP contribution in [-0.2, 0) is 13.0 Å². The number of hydrogen-bond donors (Lipinski definition) is 0. The Labute approximate surface area is 197 Å². The van der Waals surface area contributed by atoms with Crippen molar-refractivity contribution in [2.24, 2.45) is 0 Å². The Hall–Kier alpha value is -4.85. The van der Waals surface area contributed by atoms with E-state index in [1.807, 2.05) is 22.8 Å². The highest BCUT2D eigenvalue weighted by molar-refractivity contribution is 5.63.